The van der Waals surface area contributed by atoms with Crippen molar-refractivity contribution in [3.8, 4) is 11.3 Å². The lowest BCUT2D eigenvalue weighted by atomic mass is 10.1. The molecule has 1 N–H and O–H groups in total. The number of nitrogens with one attached hydrogen (secondary N) is 1. The highest BCUT2D eigenvalue weighted by molar-refractivity contribution is 7.92. The summed E-state index contributed by atoms with van der Waals surface area (Å²) in [7, 11) is -0.0266. The number of nitrogens with zero attached hydrogens (tertiary/aromatic N) is 4. The van der Waals surface area contributed by atoms with Crippen LogP contribution < -0.4 is 14.5 Å². The third kappa shape index (κ3) is 4.23. The number of hydrogen-bond acceptors (Lipinski definition) is 6. The molecule has 0 spiro atoms. The van der Waals surface area contributed by atoms with Gasteiger partial charge in [0.1, 0.15) is 0 Å². The van der Waals surface area contributed by atoms with E-state index < -0.39 is 10.0 Å². The Morgan fingerprint density at radius 1 is 0.933 bits per heavy atom. The summed E-state index contributed by atoms with van der Waals surface area (Å²) in [6, 6.07) is 18.3. The largest absolute Gasteiger partial charge is 0.378 e. The molecule has 0 amide bonds. The van der Waals surface area contributed by atoms with Crippen LogP contribution in [0, 0.1) is 0 Å². The Kier molecular flexibility index (Phi) is 5.59. The van der Waals surface area contributed by atoms with Crippen LogP contribution in [0.1, 0.15) is 12.8 Å². The molecule has 1 fully saturated rings. The molecular formula is C22H25N5O2S. The van der Waals surface area contributed by atoms with Crippen LogP contribution in [0.3, 0.4) is 0 Å². The molecule has 0 radical (unpaired) electrons. The van der Waals surface area contributed by atoms with Crippen LogP contribution in [0.2, 0.25) is 0 Å². The van der Waals surface area contributed by atoms with E-state index in [-0.39, 0.29) is 10.7 Å². The smallest absolute Gasteiger partial charge is 0.263 e. The number of benzene rings is 2. The van der Waals surface area contributed by atoms with Gasteiger partial charge >= 0.3 is 0 Å². The van der Waals surface area contributed by atoms with Gasteiger partial charge in [0.2, 0.25) is 0 Å². The minimum absolute atomic E-state index is 0.180. The maximum Gasteiger partial charge on any atom is 0.263 e. The van der Waals surface area contributed by atoms with Gasteiger partial charge in [0.05, 0.1) is 10.6 Å². The van der Waals surface area contributed by atoms with Crippen molar-refractivity contribution in [2.45, 2.75) is 17.7 Å². The van der Waals surface area contributed by atoms with Gasteiger partial charge in [-0.25, -0.2) is 8.42 Å². The van der Waals surface area contributed by atoms with Crippen LogP contribution >= 0.6 is 0 Å². The maximum absolute atomic E-state index is 12.8. The van der Waals surface area contributed by atoms with E-state index in [9.17, 15) is 8.42 Å². The number of hydrogen-bond donors (Lipinski definition) is 1. The molecule has 2 heterocycles. The van der Waals surface area contributed by atoms with E-state index in [0.717, 1.165) is 35.7 Å². The minimum Gasteiger partial charge on any atom is -0.378 e. The summed E-state index contributed by atoms with van der Waals surface area (Å²) in [5, 5.41) is 8.41. The van der Waals surface area contributed by atoms with E-state index in [1.165, 1.54) is 12.8 Å². The summed E-state index contributed by atoms with van der Waals surface area (Å²) >= 11 is 0. The number of para-hydroxylation sites is 1. The second kappa shape index (κ2) is 8.31. The van der Waals surface area contributed by atoms with E-state index >= 15 is 0 Å². The lowest BCUT2D eigenvalue weighted by Gasteiger charge is -2.20. The van der Waals surface area contributed by atoms with Gasteiger partial charge in [-0.3, -0.25) is 4.72 Å². The van der Waals surface area contributed by atoms with Gasteiger partial charge in [0.15, 0.2) is 5.82 Å². The van der Waals surface area contributed by atoms with Crippen molar-refractivity contribution in [1.82, 2.24) is 10.2 Å². The van der Waals surface area contributed by atoms with Crippen LogP contribution in [-0.4, -0.2) is 45.8 Å². The Labute approximate surface area is 177 Å². The Balaban J connectivity index is 1.57. The topological polar surface area (TPSA) is 78.4 Å². The number of anilines is 3. The van der Waals surface area contributed by atoms with Gasteiger partial charge in [0.25, 0.3) is 10.0 Å². The Morgan fingerprint density at radius 2 is 1.70 bits per heavy atom. The quantitative estimate of drug-likeness (QED) is 0.653. The molecule has 1 aromatic heterocycles. The second-order valence-corrected chi connectivity index (χ2v) is 9.19. The van der Waals surface area contributed by atoms with E-state index in [2.05, 4.69) is 25.9 Å². The average molecular weight is 424 g/mol. The second-order valence-electron chi connectivity index (χ2n) is 7.51. The predicted octanol–water partition coefficient (Wildman–Crippen LogP) is 3.61. The van der Waals surface area contributed by atoms with Crippen molar-refractivity contribution in [2.24, 2.45) is 0 Å². The third-order valence-electron chi connectivity index (χ3n) is 5.17. The van der Waals surface area contributed by atoms with Crippen LogP contribution in [0.15, 0.2) is 65.6 Å². The fourth-order valence-electron chi connectivity index (χ4n) is 3.58. The SMILES string of the molecule is CN(C)c1cccc(S(=O)(=O)Nc2ccc(-c3ccccc3N3CCCC3)nn2)c1. The molecule has 8 heteroatoms. The molecule has 2 aromatic carbocycles. The van der Waals surface area contributed by atoms with Crippen molar-refractivity contribution in [2.75, 3.05) is 41.7 Å². The van der Waals surface area contributed by atoms with E-state index in [1.54, 1.807) is 30.3 Å². The molecule has 1 aliphatic heterocycles. The molecular weight excluding hydrogens is 398 g/mol. The highest BCUT2D eigenvalue weighted by Crippen LogP contribution is 2.31. The lowest BCUT2D eigenvalue weighted by Crippen LogP contribution is -2.18. The molecule has 0 unspecified atom stereocenters. The van der Waals surface area contributed by atoms with Gasteiger partial charge in [-0.05, 0) is 49.2 Å². The minimum atomic E-state index is -3.76. The monoisotopic (exact) mass is 423 g/mol. The molecule has 1 saturated heterocycles. The molecule has 0 aliphatic carbocycles. The highest BCUT2D eigenvalue weighted by Gasteiger charge is 2.19. The first-order chi connectivity index (χ1) is 14.4. The van der Waals surface area contributed by atoms with Crippen LogP contribution in [0.25, 0.3) is 11.3 Å². The maximum atomic E-state index is 12.8. The van der Waals surface area contributed by atoms with Crippen molar-refractivity contribution in [3.63, 3.8) is 0 Å². The summed E-state index contributed by atoms with van der Waals surface area (Å²) in [6.07, 6.45) is 2.38. The molecule has 156 valence electrons. The summed E-state index contributed by atoms with van der Waals surface area (Å²) in [4.78, 5) is 4.38. The summed E-state index contributed by atoms with van der Waals surface area (Å²) in [5.41, 5.74) is 3.66. The Morgan fingerprint density at radius 3 is 2.40 bits per heavy atom. The first kappa shape index (κ1) is 20.2. The predicted molar refractivity (Wildman–Crippen MR) is 120 cm³/mol. The normalized spacial score (nSPS) is 14.0. The molecule has 1 aliphatic rings. The zero-order valence-corrected chi connectivity index (χ0v) is 17.9. The Bertz CT molecular complexity index is 1120. The first-order valence-electron chi connectivity index (χ1n) is 9.92. The third-order valence-corrected chi connectivity index (χ3v) is 6.53. The summed E-state index contributed by atoms with van der Waals surface area (Å²) in [5.74, 6) is 0.188. The van der Waals surface area contributed by atoms with Crippen LogP contribution in [0.5, 0.6) is 0 Å². The summed E-state index contributed by atoms with van der Waals surface area (Å²) < 4.78 is 28.0. The number of sulfonamides is 1. The van der Waals surface area contributed by atoms with Gasteiger partial charge in [0, 0.05) is 44.1 Å². The van der Waals surface area contributed by atoms with Crippen molar-refractivity contribution in [3.05, 3.63) is 60.7 Å². The Hall–Kier alpha value is -3.13. The van der Waals surface area contributed by atoms with Crippen LogP contribution in [-0.2, 0) is 10.0 Å². The first-order valence-corrected chi connectivity index (χ1v) is 11.4. The van der Waals surface area contributed by atoms with Crippen molar-refractivity contribution in [1.29, 1.82) is 0 Å². The van der Waals surface area contributed by atoms with Crippen LogP contribution in [0.4, 0.5) is 17.2 Å². The molecule has 0 bridgehead atoms. The molecule has 0 saturated carbocycles. The van der Waals surface area contributed by atoms with E-state index in [1.807, 2.05) is 43.3 Å². The zero-order valence-electron chi connectivity index (χ0n) is 17.1. The van der Waals surface area contributed by atoms with Crippen molar-refractivity contribution >= 4 is 27.2 Å². The fourth-order valence-corrected chi connectivity index (χ4v) is 4.62. The van der Waals surface area contributed by atoms with E-state index in [4.69, 9.17) is 0 Å². The zero-order chi connectivity index (χ0) is 21.1. The molecule has 3 aromatic rings. The molecule has 0 atom stereocenters. The molecule has 4 rings (SSSR count). The summed E-state index contributed by atoms with van der Waals surface area (Å²) in [6.45, 7) is 2.07. The van der Waals surface area contributed by atoms with Gasteiger partial charge in [-0.2, -0.15) is 0 Å². The van der Waals surface area contributed by atoms with Gasteiger partial charge < -0.3 is 9.80 Å². The highest BCUT2D eigenvalue weighted by atomic mass is 32.2. The van der Waals surface area contributed by atoms with Gasteiger partial charge in [-0.1, -0.05) is 24.3 Å². The van der Waals surface area contributed by atoms with Gasteiger partial charge in [-0.15, -0.1) is 10.2 Å². The standard InChI is InChI=1S/C22H25N5O2S/c1-26(2)17-8-7-9-18(16-17)30(28,29)25-22-13-12-20(23-24-22)19-10-3-4-11-21(19)27-14-5-6-15-27/h3-4,7-13,16H,5-6,14-15H2,1-2H3,(H,24,25). The van der Waals surface area contributed by atoms with Crippen molar-refractivity contribution < 1.29 is 8.42 Å². The fraction of sp³-hybridized carbons (Fsp3) is 0.273. The molecule has 7 nitrogen and oxygen atoms in total. The average Bonchev–Trinajstić information content (AvgIpc) is 3.29. The number of rotatable bonds is 6. The van der Waals surface area contributed by atoms with E-state index in [0.29, 0.717) is 0 Å². The molecule has 30 heavy (non-hydrogen) atoms. The number of aromatic nitrogens is 2. The lowest BCUT2D eigenvalue weighted by molar-refractivity contribution is 0.601.